The molecular weight excluding hydrogens is 174 g/mol. The number of hydrogen-bond donors (Lipinski definition) is 1. The Balaban J connectivity index is 3.56. The van der Waals surface area contributed by atoms with E-state index in [-0.39, 0.29) is 0 Å². The highest BCUT2D eigenvalue weighted by molar-refractivity contribution is 4.99. The second-order valence-corrected chi connectivity index (χ2v) is 3.93. The molecule has 0 radical (unpaired) electrons. The first kappa shape index (κ1) is 13.2. The van der Waals surface area contributed by atoms with E-state index in [1.54, 1.807) is 0 Å². The Bertz CT molecular complexity index is 203. The number of likely N-dealkylation sites (N-methyl/N-ethyl adjacent to an activating group) is 1. The van der Waals surface area contributed by atoms with Crippen molar-refractivity contribution in [2.45, 2.75) is 26.3 Å². The van der Waals surface area contributed by atoms with Crippen LogP contribution in [0.2, 0.25) is 0 Å². The van der Waals surface area contributed by atoms with E-state index in [0.717, 1.165) is 19.6 Å². The molecule has 0 saturated carbocycles. The van der Waals surface area contributed by atoms with Crippen LogP contribution in [0.15, 0.2) is 12.2 Å². The van der Waals surface area contributed by atoms with E-state index in [1.165, 1.54) is 5.57 Å². The molecule has 14 heavy (non-hydrogen) atoms. The second kappa shape index (κ2) is 7.54. The average molecular weight is 195 g/mol. The van der Waals surface area contributed by atoms with Gasteiger partial charge in [0, 0.05) is 32.1 Å². The van der Waals surface area contributed by atoms with Crippen molar-refractivity contribution in [3.63, 3.8) is 0 Å². The minimum Gasteiger partial charge on any atom is -0.311 e. The molecule has 0 rings (SSSR count). The average Bonchev–Trinajstić information content (AvgIpc) is 2.11. The predicted molar refractivity (Wildman–Crippen MR) is 60.0 cm³/mol. The maximum absolute atomic E-state index is 8.41. The topological polar surface area (TPSA) is 39.1 Å². The molecule has 0 aliphatic rings. The monoisotopic (exact) mass is 195 g/mol. The molecule has 0 aliphatic carbocycles. The standard InChI is InChI=1S/C11H21N3/c1-10(2)13-8-11(3)9-14(4)7-5-6-12/h10,13H,3,5,7-9H2,1-2,4H3. The molecule has 1 N–H and O–H groups in total. The van der Waals surface area contributed by atoms with Gasteiger partial charge in [0.1, 0.15) is 0 Å². The molecule has 0 heterocycles. The van der Waals surface area contributed by atoms with Crippen LogP contribution in [0, 0.1) is 11.3 Å². The third kappa shape index (κ3) is 7.78. The molecule has 0 amide bonds. The van der Waals surface area contributed by atoms with Gasteiger partial charge in [0.05, 0.1) is 6.07 Å². The second-order valence-electron chi connectivity index (χ2n) is 3.93. The fourth-order valence-electron chi connectivity index (χ4n) is 1.11. The van der Waals surface area contributed by atoms with Gasteiger partial charge < -0.3 is 10.2 Å². The number of nitrogens with zero attached hydrogens (tertiary/aromatic N) is 2. The van der Waals surface area contributed by atoms with Gasteiger partial charge in [0.15, 0.2) is 0 Å². The van der Waals surface area contributed by atoms with E-state index in [2.05, 4.69) is 36.7 Å². The van der Waals surface area contributed by atoms with Crippen molar-refractivity contribution in [3.8, 4) is 6.07 Å². The molecule has 0 unspecified atom stereocenters. The number of nitriles is 1. The molecule has 0 aromatic rings. The van der Waals surface area contributed by atoms with Crippen molar-refractivity contribution >= 4 is 0 Å². The highest BCUT2D eigenvalue weighted by atomic mass is 15.1. The van der Waals surface area contributed by atoms with Gasteiger partial charge >= 0.3 is 0 Å². The largest absolute Gasteiger partial charge is 0.311 e. The summed E-state index contributed by atoms with van der Waals surface area (Å²) in [4.78, 5) is 2.12. The molecule has 0 saturated heterocycles. The summed E-state index contributed by atoms with van der Waals surface area (Å²) in [5.41, 5.74) is 1.17. The Morgan fingerprint density at radius 2 is 2.21 bits per heavy atom. The Hall–Kier alpha value is -0.850. The molecule has 0 aliphatic heterocycles. The molecule has 0 fully saturated rings. The van der Waals surface area contributed by atoms with Gasteiger partial charge in [-0.05, 0) is 12.6 Å². The highest BCUT2D eigenvalue weighted by Crippen LogP contribution is 1.94. The lowest BCUT2D eigenvalue weighted by Crippen LogP contribution is -2.30. The van der Waals surface area contributed by atoms with Crippen molar-refractivity contribution in [1.82, 2.24) is 10.2 Å². The maximum Gasteiger partial charge on any atom is 0.0635 e. The van der Waals surface area contributed by atoms with Gasteiger partial charge in [0.2, 0.25) is 0 Å². The third-order valence-electron chi connectivity index (χ3n) is 1.86. The number of hydrogen-bond acceptors (Lipinski definition) is 3. The van der Waals surface area contributed by atoms with Crippen LogP contribution in [-0.4, -0.2) is 37.6 Å². The van der Waals surface area contributed by atoms with Crippen LogP contribution in [-0.2, 0) is 0 Å². The normalized spacial score (nSPS) is 10.6. The molecule has 3 nitrogen and oxygen atoms in total. The predicted octanol–water partition coefficient (Wildman–Crippen LogP) is 1.39. The zero-order chi connectivity index (χ0) is 11.0. The van der Waals surface area contributed by atoms with Crippen molar-refractivity contribution < 1.29 is 0 Å². The summed E-state index contributed by atoms with van der Waals surface area (Å²) in [5, 5.41) is 11.7. The molecule has 0 spiro atoms. The molecule has 3 heteroatoms. The molecule has 0 bridgehead atoms. The van der Waals surface area contributed by atoms with Gasteiger partial charge in [0.25, 0.3) is 0 Å². The SMILES string of the molecule is C=C(CNC(C)C)CN(C)CCC#N. The van der Waals surface area contributed by atoms with Crippen LogP contribution in [0.1, 0.15) is 20.3 Å². The lowest BCUT2D eigenvalue weighted by Gasteiger charge is -2.17. The fourth-order valence-corrected chi connectivity index (χ4v) is 1.11. The van der Waals surface area contributed by atoms with Crippen LogP contribution in [0.4, 0.5) is 0 Å². The van der Waals surface area contributed by atoms with Crippen LogP contribution in [0.25, 0.3) is 0 Å². The smallest absolute Gasteiger partial charge is 0.0635 e. The first-order chi connectivity index (χ1) is 6.56. The first-order valence-electron chi connectivity index (χ1n) is 5.01. The van der Waals surface area contributed by atoms with Crippen LogP contribution < -0.4 is 5.32 Å². The Kier molecular flexibility index (Phi) is 7.09. The minimum absolute atomic E-state index is 0.496. The lowest BCUT2D eigenvalue weighted by atomic mass is 10.2. The van der Waals surface area contributed by atoms with Crippen molar-refractivity contribution in [3.05, 3.63) is 12.2 Å². The lowest BCUT2D eigenvalue weighted by molar-refractivity contribution is 0.367. The Labute approximate surface area is 87.4 Å². The van der Waals surface area contributed by atoms with Crippen LogP contribution >= 0.6 is 0 Å². The van der Waals surface area contributed by atoms with E-state index >= 15 is 0 Å². The Morgan fingerprint density at radius 1 is 1.57 bits per heavy atom. The Morgan fingerprint density at radius 3 is 2.71 bits per heavy atom. The summed E-state index contributed by atoms with van der Waals surface area (Å²) >= 11 is 0. The first-order valence-corrected chi connectivity index (χ1v) is 5.01. The minimum atomic E-state index is 0.496. The summed E-state index contributed by atoms with van der Waals surface area (Å²) in [6.07, 6.45) is 0.585. The van der Waals surface area contributed by atoms with Crippen molar-refractivity contribution in [1.29, 1.82) is 5.26 Å². The zero-order valence-corrected chi connectivity index (χ0v) is 9.51. The van der Waals surface area contributed by atoms with E-state index < -0.39 is 0 Å². The fraction of sp³-hybridized carbons (Fsp3) is 0.727. The van der Waals surface area contributed by atoms with Gasteiger partial charge in [-0.2, -0.15) is 5.26 Å². The summed E-state index contributed by atoms with van der Waals surface area (Å²) in [6, 6.07) is 2.63. The maximum atomic E-state index is 8.41. The summed E-state index contributed by atoms with van der Waals surface area (Å²) in [5.74, 6) is 0. The van der Waals surface area contributed by atoms with E-state index in [0.29, 0.717) is 12.5 Å². The van der Waals surface area contributed by atoms with Crippen LogP contribution in [0.3, 0.4) is 0 Å². The van der Waals surface area contributed by atoms with Gasteiger partial charge in [-0.25, -0.2) is 0 Å². The molecule has 0 aromatic heterocycles. The molecule has 0 aromatic carbocycles. The number of nitrogens with one attached hydrogen (secondary N) is 1. The van der Waals surface area contributed by atoms with E-state index in [9.17, 15) is 0 Å². The van der Waals surface area contributed by atoms with Crippen LogP contribution in [0.5, 0.6) is 0 Å². The summed E-state index contributed by atoms with van der Waals surface area (Å²) in [7, 11) is 2.01. The zero-order valence-electron chi connectivity index (χ0n) is 9.51. The highest BCUT2D eigenvalue weighted by Gasteiger charge is 2.01. The number of rotatable bonds is 7. The summed E-state index contributed by atoms with van der Waals surface area (Å²) < 4.78 is 0. The van der Waals surface area contributed by atoms with Gasteiger partial charge in [-0.1, -0.05) is 20.4 Å². The van der Waals surface area contributed by atoms with Crippen molar-refractivity contribution in [2.75, 3.05) is 26.7 Å². The van der Waals surface area contributed by atoms with Crippen molar-refractivity contribution in [2.24, 2.45) is 0 Å². The molecule has 80 valence electrons. The quantitative estimate of drug-likeness (QED) is 0.624. The summed E-state index contributed by atoms with van der Waals surface area (Å²) in [6.45, 7) is 10.8. The molecular formula is C11H21N3. The molecule has 0 atom stereocenters. The van der Waals surface area contributed by atoms with Gasteiger partial charge in [-0.3, -0.25) is 0 Å². The van der Waals surface area contributed by atoms with E-state index in [1.807, 2.05) is 7.05 Å². The van der Waals surface area contributed by atoms with E-state index in [4.69, 9.17) is 5.26 Å². The third-order valence-corrected chi connectivity index (χ3v) is 1.86. The van der Waals surface area contributed by atoms with Gasteiger partial charge in [-0.15, -0.1) is 0 Å².